The number of sulfonamides is 1. The first-order valence-corrected chi connectivity index (χ1v) is 5.95. The van der Waals surface area contributed by atoms with Crippen LogP contribution in [0.1, 0.15) is 5.69 Å². The van der Waals surface area contributed by atoms with Crippen LogP contribution in [0.25, 0.3) is 0 Å². The van der Waals surface area contributed by atoms with Crippen LogP contribution in [0.3, 0.4) is 0 Å². The Morgan fingerprint density at radius 1 is 1.41 bits per heavy atom. The molecule has 5 nitrogen and oxygen atoms in total. The van der Waals surface area contributed by atoms with E-state index in [1.165, 1.54) is 17.0 Å². The van der Waals surface area contributed by atoms with Gasteiger partial charge in [-0.25, -0.2) is 13.1 Å². The molecule has 0 amide bonds. The van der Waals surface area contributed by atoms with Crippen molar-refractivity contribution in [2.24, 2.45) is 5.73 Å². The zero-order valence-corrected chi connectivity index (χ0v) is 9.35. The summed E-state index contributed by atoms with van der Waals surface area (Å²) in [6, 6.07) is 2.45. The molecule has 1 aromatic heterocycles. The minimum absolute atomic E-state index is 0.0159. The summed E-state index contributed by atoms with van der Waals surface area (Å²) in [5, 5.41) is 0. The highest BCUT2D eigenvalue weighted by Gasteiger charge is 2.30. The fraction of sp³-hybridized carbons (Fsp3) is 0.375. The van der Waals surface area contributed by atoms with Gasteiger partial charge in [0, 0.05) is 12.7 Å². The number of alkyl halides is 3. The van der Waals surface area contributed by atoms with Gasteiger partial charge in [-0.2, -0.15) is 13.2 Å². The van der Waals surface area contributed by atoms with Gasteiger partial charge in [-0.3, -0.25) is 4.98 Å². The minimum atomic E-state index is -4.61. The van der Waals surface area contributed by atoms with Gasteiger partial charge in [-0.05, 0) is 12.1 Å². The first-order chi connectivity index (χ1) is 7.76. The summed E-state index contributed by atoms with van der Waals surface area (Å²) in [6.07, 6.45) is -3.30. The van der Waals surface area contributed by atoms with E-state index < -0.39 is 22.7 Å². The molecule has 1 aromatic rings. The highest BCUT2D eigenvalue weighted by Crippen LogP contribution is 2.16. The first kappa shape index (κ1) is 13.9. The van der Waals surface area contributed by atoms with Crippen molar-refractivity contribution in [3.63, 3.8) is 0 Å². The average Bonchev–Trinajstić information content (AvgIpc) is 2.26. The summed E-state index contributed by atoms with van der Waals surface area (Å²) >= 11 is 0. The van der Waals surface area contributed by atoms with E-state index in [1.54, 1.807) is 0 Å². The second-order valence-electron chi connectivity index (χ2n) is 3.09. The molecule has 0 saturated heterocycles. The molecule has 0 bridgehead atoms. The lowest BCUT2D eigenvalue weighted by atomic mass is 10.3. The van der Waals surface area contributed by atoms with Gasteiger partial charge in [0.15, 0.2) is 0 Å². The molecule has 17 heavy (non-hydrogen) atoms. The number of nitrogens with one attached hydrogen (secondary N) is 1. The Morgan fingerprint density at radius 3 is 2.59 bits per heavy atom. The Balaban J connectivity index is 2.98. The van der Waals surface area contributed by atoms with Crippen LogP contribution in [0, 0.1) is 0 Å². The van der Waals surface area contributed by atoms with Crippen molar-refractivity contribution >= 4 is 10.0 Å². The average molecular weight is 269 g/mol. The number of hydrogen-bond donors (Lipinski definition) is 2. The summed E-state index contributed by atoms with van der Waals surface area (Å²) in [5.41, 5.74) is 5.27. The Morgan fingerprint density at radius 2 is 2.06 bits per heavy atom. The lowest BCUT2D eigenvalue weighted by Gasteiger charge is -2.11. The van der Waals surface area contributed by atoms with E-state index in [9.17, 15) is 21.6 Å². The van der Waals surface area contributed by atoms with Crippen LogP contribution in [-0.2, 0) is 16.6 Å². The number of halogens is 3. The molecule has 0 aliphatic heterocycles. The monoisotopic (exact) mass is 269 g/mol. The second-order valence-corrected chi connectivity index (χ2v) is 4.83. The topological polar surface area (TPSA) is 85.1 Å². The van der Waals surface area contributed by atoms with Crippen molar-refractivity contribution in [1.82, 2.24) is 9.71 Å². The third kappa shape index (κ3) is 3.95. The van der Waals surface area contributed by atoms with E-state index in [0.29, 0.717) is 0 Å². The second kappa shape index (κ2) is 4.98. The fourth-order valence-electron chi connectivity index (χ4n) is 1.08. The van der Waals surface area contributed by atoms with Crippen LogP contribution in [0.5, 0.6) is 0 Å². The van der Waals surface area contributed by atoms with Gasteiger partial charge < -0.3 is 5.73 Å². The van der Waals surface area contributed by atoms with Gasteiger partial charge in [0.25, 0.3) is 0 Å². The van der Waals surface area contributed by atoms with Crippen molar-refractivity contribution in [2.45, 2.75) is 17.6 Å². The molecule has 1 heterocycles. The van der Waals surface area contributed by atoms with Gasteiger partial charge in [0.2, 0.25) is 10.0 Å². The van der Waals surface area contributed by atoms with Crippen molar-refractivity contribution in [3.05, 3.63) is 24.0 Å². The zero-order chi connectivity index (χ0) is 13.1. The molecule has 0 spiro atoms. The Labute approximate surface area is 95.9 Å². The summed E-state index contributed by atoms with van der Waals surface area (Å²) in [6.45, 7) is -1.81. The Bertz CT molecular complexity index is 487. The lowest BCUT2D eigenvalue weighted by Crippen LogP contribution is -2.34. The molecule has 3 N–H and O–H groups in total. The fourth-order valence-corrected chi connectivity index (χ4v) is 2.29. The molecule has 0 aliphatic carbocycles. The number of pyridine rings is 1. The summed E-state index contributed by atoms with van der Waals surface area (Å²) < 4.78 is 60.3. The van der Waals surface area contributed by atoms with Gasteiger partial charge in [0.1, 0.15) is 11.4 Å². The summed E-state index contributed by atoms with van der Waals surface area (Å²) in [5.74, 6) is 0. The van der Waals surface area contributed by atoms with Gasteiger partial charge >= 0.3 is 6.18 Å². The number of hydrogen-bond acceptors (Lipinski definition) is 4. The zero-order valence-electron chi connectivity index (χ0n) is 8.53. The molecular formula is C8H10F3N3O2S. The van der Waals surface area contributed by atoms with E-state index in [4.69, 9.17) is 5.73 Å². The molecule has 9 heteroatoms. The quantitative estimate of drug-likeness (QED) is 0.827. The molecule has 0 aliphatic rings. The third-order valence-corrected chi connectivity index (χ3v) is 3.27. The number of rotatable bonds is 4. The predicted octanol–water partition coefficient (Wildman–Crippen LogP) is 0.381. The van der Waals surface area contributed by atoms with Gasteiger partial charge in [-0.15, -0.1) is 0 Å². The maximum atomic E-state index is 11.9. The lowest BCUT2D eigenvalue weighted by molar-refractivity contribution is -0.121. The van der Waals surface area contributed by atoms with E-state index >= 15 is 0 Å². The van der Waals surface area contributed by atoms with E-state index in [-0.39, 0.29) is 17.1 Å². The molecular weight excluding hydrogens is 259 g/mol. The largest absolute Gasteiger partial charge is 0.402 e. The third-order valence-electron chi connectivity index (χ3n) is 1.79. The Hall–Kier alpha value is -1.19. The number of aromatic nitrogens is 1. The Kier molecular flexibility index (Phi) is 4.07. The van der Waals surface area contributed by atoms with Crippen LogP contribution >= 0.6 is 0 Å². The van der Waals surface area contributed by atoms with Crippen LogP contribution < -0.4 is 10.5 Å². The van der Waals surface area contributed by atoms with Gasteiger partial charge in [-0.1, -0.05) is 0 Å². The summed E-state index contributed by atoms with van der Waals surface area (Å²) in [7, 11) is -4.25. The van der Waals surface area contributed by atoms with Crippen LogP contribution in [-0.4, -0.2) is 26.1 Å². The van der Waals surface area contributed by atoms with Crippen molar-refractivity contribution in [3.8, 4) is 0 Å². The van der Waals surface area contributed by atoms with Crippen LogP contribution in [0.4, 0.5) is 13.2 Å². The minimum Gasteiger partial charge on any atom is -0.325 e. The smallest absolute Gasteiger partial charge is 0.325 e. The summed E-state index contributed by atoms with van der Waals surface area (Å²) in [4.78, 5) is 3.34. The molecule has 0 atom stereocenters. The van der Waals surface area contributed by atoms with Crippen molar-refractivity contribution < 1.29 is 21.6 Å². The van der Waals surface area contributed by atoms with Crippen LogP contribution in [0.2, 0.25) is 0 Å². The molecule has 0 fully saturated rings. The predicted molar refractivity (Wildman–Crippen MR) is 53.4 cm³/mol. The van der Waals surface area contributed by atoms with Gasteiger partial charge in [0.05, 0.1) is 5.69 Å². The molecule has 0 aromatic carbocycles. The maximum Gasteiger partial charge on any atom is 0.402 e. The number of nitrogens with zero attached hydrogens (tertiary/aromatic N) is 1. The van der Waals surface area contributed by atoms with Crippen LogP contribution in [0.15, 0.2) is 23.2 Å². The standard InChI is InChI=1S/C8H10F3N3O2S/c9-8(10,11)5-14-17(15,16)7-2-1-3-13-6(7)4-12/h1-3,14H,4-5,12H2. The number of nitrogens with two attached hydrogens (primary N) is 1. The SMILES string of the molecule is NCc1ncccc1S(=O)(=O)NCC(F)(F)F. The first-order valence-electron chi connectivity index (χ1n) is 4.46. The molecule has 0 unspecified atom stereocenters. The molecule has 96 valence electrons. The maximum absolute atomic E-state index is 11.9. The normalized spacial score (nSPS) is 12.7. The van der Waals surface area contributed by atoms with E-state index in [0.717, 1.165) is 6.07 Å². The van der Waals surface area contributed by atoms with Crippen molar-refractivity contribution in [2.75, 3.05) is 6.54 Å². The van der Waals surface area contributed by atoms with E-state index in [1.807, 2.05) is 0 Å². The molecule has 0 radical (unpaired) electrons. The van der Waals surface area contributed by atoms with Crippen molar-refractivity contribution in [1.29, 1.82) is 0 Å². The highest BCUT2D eigenvalue weighted by atomic mass is 32.2. The highest BCUT2D eigenvalue weighted by molar-refractivity contribution is 7.89. The van der Waals surface area contributed by atoms with E-state index in [2.05, 4.69) is 4.98 Å². The molecule has 1 rings (SSSR count). The molecule has 0 saturated carbocycles.